The van der Waals surface area contributed by atoms with Gasteiger partial charge in [0.25, 0.3) is 11.3 Å². The number of hydrogen-bond donors (Lipinski definition) is 0. The van der Waals surface area contributed by atoms with E-state index in [-0.39, 0.29) is 17.4 Å². The highest BCUT2D eigenvalue weighted by Crippen LogP contribution is 2.23. The van der Waals surface area contributed by atoms with Gasteiger partial charge in [-0.3, -0.25) is 4.79 Å². The van der Waals surface area contributed by atoms with Crippen molar-refractivity contribution < 1.29 is 13.9 Å². The number of hydrogen-bond acceptors (Lipinski definition) is 4. The summed E-state index contributed by atoms with van der Waals surface area (Å²) in [5.74, 6) is -0.0710. The second-order valence-electron chi connectivity index (χ2n) is 7.45. The fourth-order valence-corrected chi connectivity index (χ4v) is 4.06. The van der Waals surface area contributed by atoms with Gasteiger partial charge in [0.05, 0.1) is 6.10 Å². The van der Waals surface area contributed by atoms with Crippen molar-refractivity contribution in [1.82, 2.24) is 14.5 Å². The summed E-state index contributed by atoms with van der Waals surface area (Å²) >= 11 is 5.80. The van der Waals surface area contributed by atoms with Gasteiger partial charge in [-0.05, 0) is 68.1 Å². The summed E-state index contributed by atoms with van der Waals surface area (Å²) in [5, 5.41) is 0.0756. The molecule has 1 aliphatic rings. The van der Waals surface area contributed by atoms with Gasteiger partial charge in [0.15, 0.2) is 5.58 Å². The van der Waals surface area contributed by atoms with E-state index >= 15 is 0 Å². The minimum atomic E-state index is -0.0710. The Morgan fingerprint density at radius 1 is 1.36 bits per heavy atom. The number of aromatic nitrogens is 2. The molecule has 7 heteroatoms. The van der Waals surface area contributed by atoms with Crippen LogP contribution in [0.4, 0.5) is 0 Å². The van der Waals surface area contributed by atoms with Gasteiger partial charge in [-0.2, -0.15) is 4.98 Å². The lowest BCUT2D eigenvalue weighted by Crippen LogP contribution is -2.26. The number of carbonyl (C=O) groups excluding carboxylic acids is 1. The van der Waals surface area contributed by atoms with Gasteiger partial charge < -0.3 is 18.6 Å². The van der Waals surface area contributed by atoms with Gasteiger partial charge in [-0.15, -0.1) is 0 Å². The van der Waals surface area contributed by atoms with E-state index in [1.165, 1.54) is 11.4 Å². The largest absolute Gasteiger partial charge is 0.428 e. The third kappa shape index (κ3) is 3.66. The number of carbonyl (C=O) groups is 1. The summed E-state index contributed by atoms with van der Waals surface area (Å²) in [7, 11) is 1.81. The number of oxazole rings is 1. The molecule has 0 N–H and O–H groups in total. The lowest BCUT2D eigenvalue weighted by Gasteiger charge is -2.18. The first-order chi connectivity index (χ1) is 13.4. The summed E-state index contributed by atoms with van der Waals surface area (Å²) < 4.78 is 13.4. The van der Waals surface area contributed by atoms with E-state index in [0.29, 0.717) is 23.2 Å². The fourth-order valence-electron chi connectivity index (χ4n) is 3.88. The number of ether oxygens (including phenoxy) is 1. The van der Waals surface area contributed by atoms with Crippen LogP contribution in [0.15, 0.2) is 28.7 Å². The van der Waals surface area contributed by atoms with Crippen LogP contribution in [0.3, 0.4) is 0 Å². The first-order valence-electron chi connectivity index (χ1n) is 9.51. The van der Waals surface area contributed by atoms with Crippen molar-refractivity contribution in [1.29, 1.82) is 0 Å². The molecule has 0 radical (unpaired) electrons. The van der Waals surface area contributed by atoms with E-state index in [9.17, 15) is 4.79 Å². The number of aryl methyl sites for hydroxylation is 1. The zero-order valence-corrected chi connectivity index (χ0v) is 17.1. The van der Waals surface area contributed by atoms with Crippen molar-refractivity contribution in [2.75, 3.05) is 13.7 Å². The fraction of sp³-hybridized carbons (Fsp3) is 0.429. The smallest absolute Gasteiger partial charge is 0.293 e. The van der Waals surface area contributed by atoms with Crippen molar-refractivity contribution in [3.8, 4) is 0 Å². The van der Waals surface area contributed by atoms with E-state index in [1.54, 1.807) is 23.1 Å². The topological polar surface area (TPSA) is 60.5 Å². The van der Waals surface area contributed by atoms with Gasteiger partial charge in [0.1, 0.15) is 5.52 Å². The SMILES string of the molecule is Cc1cc(CN(C)C(=O)c2ccc3nc(Cl)oc3c2)c(C)n1C[C@@H]1CCCO1. The van der Waals surface area contributed by atoms with Crippen molar-refractivity contribution >= 4 is 28.6 Å². The molecule has 0 aliphatic carbocycles. The van der Waals surface area contributed by atoms with Crippen LogP contribution in [0.1, 0.15) is 40.2 Å². The highest BCUT2D eigenvalue weighted by molar-refractivity contribution is 6.28. The van der Waals surface area contributed by atoms with Gasteiger partial charge in [-0.1, -0.05) is 0 Å². The van der Waals surface area contributed by atoms with Crippen molar-refractivity contribution in [3.05, 3.63) is 52.1 Å². The van der Waals surface area contributed by atoms with E-state index in [2.05, 4.69) is 29.5 Å². The van der Waals surface area contributed by atoms with Crippen LogP contribution in [-0.2, 0) is 17.8 Å². The lowest BCUT2D eigenvalue weighted by molar-refractivity contribution is 0.0784. The van der Waals surface area contributed by atoms with Crippen LogP contribution in [0, 0.1) is 13.8 Å². The Balaban J connectivity index is 1.50. The summed E-state index contributed by atoms with van der Waals surface area (Å²) in [6, 6.07) is 7.35. The molecule has 3 aromatic rings. The standard InChI is InChI=1S/C21H24ClN3O3/c1-13-9-16(14(2)25(13)12-17-5-4-8-27-17)11-24(3)20(26)15-6-7-18-19(10-15)28-21(22)23-18/h6-7,9-10,17H,4-5,8,11-12H2,1-3H3/t17-/m0/s1. The Bertz CT molecular complexity index is 1020. The molecular weight excluding hydrogens is 378 g/mol. The Labute approximate surface area is 169 Å². The van der Waals surface area contributed by atoms with Crippen molar-refractivity contribution in [2.45, 2.75) is 45.9 Å². The Morgan fingerprint density at radius 3 is 2.93 bits per heavy atom. The molecule has 2 aromatic heterocycles. The van der Waals surface area contributed by atoms with Crippen LogP contribution in [0.5, 0.6) is 0 Å². The monoisotopic (exact) mass is 401 g/mol. The molecule has 1 aliphatic heterocycles. The van der Waals surface area contributed by atoms with Crippen LogP contribution in [0.2, 0.25) is 5.35 Å². The molecule has 0 bridgehead atoms. The van der Waals surface area contributed by atoms with Crippen molar-refractivity contribution in [3.63, 3.8) is 0 Å². The molecule has 1 amide bonds. The molecular formula is C21H24ClN3O3. The normalized spacial score (nSPS) is 16.8. The molecule has 1 aromatic carbocycles. The number of rotatable bonds is 5. The minimum absolute atomic E-state index is 0.0710. The van der Waals surface area contributed by atoms with Gasteiger partial charge in [-0.25, -0.2) is 0 Å². The predicted molar refractivity (Wildman–Crippen MR) is 108 cm³/mol. The molecule has 0 unspecified atom stereocenters. The number of halogens is 1. The van der Waals surface area contributed by atoms with Crippen LogP contribution >= 0.6 is 11.6 Å². The maximum Gasteiger partial charge on any atom is 0.293 e. The summed E-state index contributed by atoms with van der Waals surface area (Å²) in [6.07, 6.45) is 2.53. The molecule has 3 heterocycles. The van der Waals surface area contributed by atoms with E-state index < -0.39 is 0 Å². The molecule has 1 fully saturated rings. The highest BCUT2D eigenvalue weighted by Gasteiger charge is 2.20. The molecule has 0 saturated carbocycles. The third-order valence-corrected chi connectivity index (χ3v) is 5.61. The maximum atomic E-state index is 12.9. The second-order valence-corrected chi connectivity index (χ2v) is 7.78. The second kappa shape index (κ2) is 7.60. The quantitative estimate of drug-likeness (QED) is 0.637. The third-order valence-electron chi connectivity index (χ3n) is 5.45. The van der Waals surface area contributed by atoms with Crippen LogP contribution in [0.25, 0.3) is 11.1 Å². The maximum absolute atomic E-state index is 12.9. The molecule has 28 heavy (non-hydrogen) atoms. The average Bonchev–Trinajstić information content (AvgIpc) is 3.36. The Kier molecular flexibility index (Phi) is 5.17. The molecule has 1 saturated heterocycles. The molecule has 6 nitrogen and oxygen atoms in total. The molecule has 0 spiro atoms. The van der Waals surface area contributed by atoms with Gasteiger partial charge in [0.2, 0.25) is 0 Å². The summed E-state index contributed by atoms with van der Waals surface area (Å²) in [6.45, 7) is 6.49. The Hall–Kier alpha value is -2.31. The van der Waals surface area contributed by atoms with Gasteiger partial charge in [0, 0.05) is 43.7 Å². The highest BCUT2D eigenvalue weighted by atomic mass is 35.5. The number of nitrogens with zero attached hydrogens (tertiary/aromatic N) is 3. The zero-order chi connectivity index (χ0) is 19.8. The molecule has 1 atom stereocenters. The number of fused-ring (bicyclic) bond motifs is 1. The molecule has 148 valence electrons. The first-order valence-corrected chi connectivity index (χ1v) is 9.89. The van der Waals surface area contributed by atoms with Crippen LogP contribution in [-0.4, -0.2) is 40.1 Å². The Morgan fingerprint density at radius 2 is 2.18 bits per heavy atom. The summed E-state index contributed by atoms with van der Waals surface area (Å²) in [4.78, 5) is 18.7. The predicted octanol–water partition coefficient (Wildman–Crippen LogP) is 4.35. The first kappa shape index (κ1) is 19.0. The van der Waals surface area contributed by atoms with Crippen molar-refractivity contribution in [2.24, 2.45) is 0 Å². The average molecular weight is 402 g/mol. The van der Waals surface area contributed by atoms with Crippen LogP contribution < -0.4 is 0 Å². The van der Waals surface area contributed by atoms with E-state index in [0.717, 1.165) is 31.6 Å². The van der Waals surface area contributed by atoms with E-state index in [1.807, 2.05) is 7.05 Å². The minimum Gasteiger partial charge on any atom is -0.428 e. The van der Waals surface area contributed by atoms with E-state index in [4.69, 9.17) is 20.8 Å². The lowest BCUT2D eigenvalue weighted by atomic mass is 10.1. The summed E-state index contributed by atoms with van der Waals surface area (Å²) in [5.41, 5.74) is 5.23. The molecule has 4 rings (SSSR count). The number of benzene rings is 1. The number of amides is 1. The van der Waals surface area contributed by atoms with Gasteiger partial charge >= 0.3 is 0 Å². The zero-order valence-electron chi connectivity index (χ0n) is 16.4.